The lowest BCUT2D eigenvalue weighted by Crippen LogP contribution is -2.23. The topological polar surface area (TPSA) is 82.2 Å². The summed E-state index contributed by atoms with van der Waals surface area (Å²) in [5.41, 5.74) is -0.329. The number of nitro groups is 1. The molecule has 0 amide bonds. The number of aromatic nitrogens is 1. The van der Waals surface area contributed by atoms with E-state index in [1.54, 1.807) is 12.1 Å². The molecule has 8 heteroatoms. The third-order valence-corrected chi connectivity index (χ3v) is 4.33. The first-order chi connectivity index (χ1) is 9.38. The van der Waals surface area contributed by atoms with Crippen molar-refractivity contribution in [3.63, 3.8) is 0 Å². The summed E-state index contributed by atoms with van der Waals surface area (Å²) in [7, 11) is 0. The summed E-state index contributed by atoms with van der Waals surface area (Å²) in [6.07, 6.45) is 1.11. The predicted molar refractivity (Wildman–Crippen MR) is 78.4 cm³/mol. The molecule has 2 aromatic heterocycles. The van der Waals surface area contributed by atoms with Gasteiger partial charge >= 0.3 is 0 Å². The van der Waals surface area contributed by atoms with Gasteiger partial charge in [-0.3, -0.25) is 19.7 Å². The zero-order chi connectivity index (χ0) is 14.9. The van der Waals surface area contributed by atoms with Crippen molar-refractivity contribution in [2.24, 2.45) is 0 Å². The fraction of sp³-hybridized carbons (Fsp3) is 0.167. The maximum Gasteiger partial charge on any atom is 0.288 e. The van der Waals surface area contributed by atoms with Crippen LogP contribution in [-0.4, -0.2) is 15.3 Å². The van der Waals surface area contributed by atoms with Gasteiger partial charge in [-0.05, 0) is 35.0 Å². The van der Waals surface area contributed by atoms with E-state index in [0.717, 1.165) is 20.6 Å². The molecule has 0 aliphatic heterocycles. The van der Waals surface area contributed by atoms with Crippen LogP contribution in [-0.2, 0) is 6.54 Å². The van der Waals surface area contributed by atoms with Crippen LogP contribution in [0, 0.1) is 17.0 Å². The highest BCUT2D eigenvalue weighted by molar-refractivity contribution is 9.11. The number of hydrogen-bond acceptors (Lipinski definition) is 5. The van der Waals surface area contributed by atoms with Crippen molar-refractivity contribution in [2.75, 3.05) is 0 Å². The molecule has 0 N–H and O–H groups in total. The number of aryl methyl sites for hydroxylation is 1. The van der Waals surface area contributed by atoms with Crippen molar-refractivity contribution in [1.82, 2.24) is 4.57 Å². The predicted octanol–water partition coefficient (Wildman–Crippen LogP) is 2.77. The summed E-state index contributed by atoms with van der Waals surface area (Å²) in [5, 5.41) is 10.8. The molecule has 0 saturated heterocycles. The number of Topliss-reactive ketones (excluding diaryl/α,β-unsaturated/α-hetero) is 1. The highest BCUT2D eigenvalue weighted by Gasteiger charge is 2.16. The van der Waals surface area contributed by atoms with Gasteiger partial charge in [-0.2, -0.15) is 0 Å². The average Bonchev–Trinajstić information content (AvgIpc) is 2.79. The Bertz CT molecular complexity index is 750. The van der Waals surface area contributed by atoms with Crippen LogP contribution in [0.1, 0.15) is 15.2 Å². The van der Waals surface area contributed by atoms with Crippen LogP contribution in [0.4, 0.5) is 5.69 Å². The standard InChI is InChI=1S/C12H9BrN2O4S/c1-7-4-12(17)14(5-8(7)15(18)19)6-9(16)10-2-3-11(13)20-10/h2-5H,6H2,1H3. The monoisotopic (exact) mass is 356 g/mol. The maximum absolute atomic E-state index is 12.0. The average molecular weight is 357 g/mol. The van der Waals surface area contributed by atoms with Gasteiger partial charge < -0.3 is 4.57 Å². The number of halogens is 1. The van der Waals surface area contributed by atoms with E-state index in [4.69, 9.17) is 0 Å². The number of nitrogens with zero attached hydrogens (tertiary/aromatic N) is 2. The van der Waals surface area contributed by atoms with E-state index in [9.17, 15) is 19.7 Å². The van der Waals surface area contributed by atoms with Gasteiger partial charge in [0.2, 0.25) is 0 Å². The van der Waals surface area contributed by atoms with Gasteiger partial charge in [-0.15, -0.1) is 11.3 Å². The molecule has 2 heterocycles. The summed E-state index contributed by atoms with van der Waals surface area (Å²) in [5.74, 6) is -0.263. The second kappa shape index (κ2) is 5.68. The van der Waals surface area contributed by atoms with Gasteiger partial charge in [-0.25, -0.2) is 0 Å². The Kier molecular flexibility index (Phi) is 4.15. The summed E-state index contributed by atoms with van der Waals surface area (Å²) < 4.78 is 1.87. The van der Waals surface area contributed by atoms with Crippen molar-refractivity contribution in [1.29, 1.82) is 0 Å². The van der Waals surface area contributed by atoms with E-state index >= 15 is 0 Å². The lowest BCUT2D eigenvalue weighted by atomic mass is 10.2. The number of carbonyl (C=O) groups excluding carboxylic acids is 1. The van der Waals surface area contributed by atoms with Crippen molar-refractivity contribution < 1.29 is 9.72 Å². The molecular formula is C12H9BrN2O4S. The van der Waals surface area contributed by atoms with E-state index in [-0.39, 0.29) is 23.6 Å². The zero-order valence-corrected chi connectivity index (χ0v) is 12.7. The number of hydrogen-bond donors (Lipinski definition) is 0. The van der Waals surface area contributed by atoms with E-state index < -0.39 is 10.5 Å². The summed E-state index contributed by atoms with van der Waals surface area (Å²) >= 11 is 4.50. The van der Waals surface area contributed by atoms with Crippen LogP contribution in [0.5, 0.6) is 0 Å². The number of carbonyl (C=O) groups is 1. The largest absolute Gasteiger partial charge is 0.301 e. The molecule has 0 atom stereocenters. The molecule has 0 aliphatic rings. The first-order valence-electron chi connectivity index (χ1n) is 5.52. The third-order valence-electron chi connectivity index (χ3n) is 2.66. The quantitative estimate of drug-likeness (QED) is 0.479. The Morgan fingerprint density at radius 1 is 1.50 bits per heavy atom. The van der Waals surface area contributed by atoms with Crippen LogP contribution in [0.15, 0.2) is 33.0 Å². The Labute approximate surface area is 125 Å². The van der Waals surface area contributed by atoms with E-state index in [0.29, 0.717) is 4.88 Å². The van der Waals surface area contributed by atoms with Gasteiger partial charge in [0.15, 0.2) is 5.78 Å². The molecule has 0 aromatic carbocycles. The van der Waals surface area contributed by atoms with Crippen LogP contribution < -0.4 is 5.56 Å². The molecule has 0 radical (unpaired) electrons. The second-order valence-electron chi connectivity index (χ2n) is 4.09. The minimum Gasteiger partial charge on any atom is -0.301 e. The van der Waals surface area contributed by atoms with Crippen molar-refractivity contribution in [3.05, 3.63) is 59.1 Å². The molecule has 2 aromatic rings. The van der Waals surface area contributed by atoms with Gasteiger partial charge in [0.25, 0.3) is 11.2 Å². The van der Waals surface area contributed by atoms with Crippen molar-refractivity contribution >= 4 is 38.7 Å². The van der Waals surface area contributed by atoms with Crippen LogP contribution in [0.25, 0.3) is 0 Å². The van der Waals surface area contributed by atoms with E-state index in [1.807, 2.05) is 0 Å². The molecule has 6 nitrogen and oxygen atoms in total. The Morgan fingerprint density at radius 2 is 2.20 bits per heavy atom. The normalized spacial score (nSPS) is 10.5. The SMILES string of the molecule is Cc1cc(=O)n(CC(=O)c2ccc(Br)s2)cc1[N+](=O)[O-]. The number of ketones is 1. The summed E-state index contributed by atoms with van der Waals surface area (Å²) in [4.78, 5) is 34.5. The first kappa shape index (κ1) is 14.6. The van der Waals surface area contributed by atoms with Crippen LogP contribution in [0.2, 0.25) is 0 Å². The van der Waals surface area contributed by atoms with Gasteiger partial charge in [-0.1, -0.05) is 0 Å². The molecule has 2 rings (SSSR count). The van der Waals surface area contributed by atoms with Gasteiger partial charge in [0.05, 0.1) is 26.3 Å². The van der Waals surface area contributed by atoms with Gasteiger partial charge in [0, 0.05) is 11.6 Å². The lowest BCUT2D eigenvalue weighted by molar-refractivity contribution is -0.385. The minimum absolute atomic E-state index is 0.176. The molecule has 0 unspecified atom stereocenters. The van der Waals surface area contributed by atoms with Crippen molar-refractivity contribution in [2.45, 2.75) is 13.5 Å². The Hall–Kier alpha value is -1.80. The second-order valence-corrected chi connectivity index (χ2v) is 6.55. The molecular weight excluding hydrogens is 348 g/mol. The zero-order valence-electron chi connectivity index (χ0n) is 10.3. The lowest BCUT2D eigenvalue weighted by Gasteiger charge is -2.05. The molecule has 20 heavy (non-hydrogen) atoms. The minimum atomic E-state index is -0.572. The molecule has 104 valence electrons. The Balaban J connectivity index is 2.34. The fourth-order valence-electron chi connectivity index (χ4n) is 1.67. The number of thiophene rings is 1. The first-order valence-corrected chi connectivity index (χ1v) is 7.13. The number of pyridine rings is 1. The molecule has 0 spiro atoms. The smallest absolute Gasteiger partial charge is 0.288 e. The molecule has 0 saturated carbocycles. The number of rotatable bonds is 4. The fourth-order valence-corrected chi connectivity index (χ4v) is 2.98. The third kappa shape index (κ3) is 3.02. The highest BCUT2D eigenvalue weighted by Crippen LogP contribution is 2.23. The Morgan fingerprint density at radius 3 is 2.75 bits per heavy atom. The van der Waals surface area contributed by atoms with Gasteiger partial charge in [0.1, 0.15) is 0 Å². The summed E-state index contributed by atoms with van der Waals surface area (Å²) in [6, 6.07) is 4.54. The molecule has 0 aliphatic carbocycles. The van der Waals surface area contributed by atoms with E-state index in [1.165, 1.54) is 18.3 Å². The highest BCUT2D eigenvalue weighted by atomic mass is 79.9. The summed E-state index contributed by atoms with van der Waals surface area (Å²) in [6.45, 7) is 1.27. The molecule has 0 fully saturated rings. The van der Waals surface area contributed by atoms with E-state index in [2.05, 4.69) is 15.9 Å². The van der Waals surface area contributed by atoms with Crippen molar-refractivity contribution in [3.8, 4) is 0 Å². The maximum atomic E-state index is 12.0. The molecule has 0 bridgehead atoms. The van der Waals surface area contributed by atoms with Crippen LogP contribution in [0.3, 0.4) is 0 Å². The van der Waals surface area contributed by atoms with Crippen LogP contribution >= 0.6 is 27.3 Å².